The summed E-state index contributed by atoms with van der Waals surface area (Å²) in [5.41, 5.74) is 2.30. The zero-order valence-corrected chi connectivity index (χ0v) is 14.1. The van der Waals surface area contributed by atoms with Crippen molar-refractivity contribution in [2.75, 3.05) is 5.32 Å². The molecule has 0 bridgehead atoms. The lowest BCUT2D eigenvalue weighted by Gasteiger charge is -2.10. The lowest BCUT2D eigenvalue weighted by atomic mass is 10.1. The van der Waals surface area contributed by atoms with E-state index in [2.05, 4.69) is 10.6 Å². The number of rotatable bonds is 6. The summed E-state index contributed by atoms with van der Waals surface area (Å²) < 4.78 is 13.6. The maximum Gasteiger partial charge on any atom is 0.228 e. The van der Waals surface area contributed by atoms with E-state index in [9.17, 15) is 14.0 Å². The first kappa shape index (κ1) is 17.1. The third-order valence-corrected chi connectivity index (χ3v) is 4.53. The lowest BCUT2D eigenvalue weighted by Crippen LogP contribution is -2.27. The van der Waals surface area contributed by atoms with E-state index in [4.69, 9.17) is 0 Å². The van der Waals surface area contributed by atoms with E-state index >= 15 is 0 Å². The molecule has 0 aromatic heterocycles. The van der Waals surface area contributed by atoms with Crippen molar-refractivity contribution in [3.63, 3.8) is 0 Å². The molecular formula is C20H21FN2O2. The molecule has 2 aromatic carbocycles. The van der Waals surface area contributed by atoms with Crippen LogP contribution in [0.2, 0.25) is 0 Å². The Kier molecular flexibility index (Phi) is 5.12. The largest absolute Gasteiger partial charge is 0.352 e. The van der Waals surface area contributed by atoms with Crippen molar-refractivity contribution >= 4 is 17.5 Å². The SMILES string of the molecule is CCc1ccccc1NC(=O)C1CC1C(=O)NCc1ccccc1F. The number of anilines is 1. The molecule has 1 aliphatic rings. The highest BCUT2D eigenvalue weighted by Crippen LogP contribution is 2.39. The summed E-state index contributed by atoms with van der Waals surface area (Å²) in [7, 11) is 0. The number of nitrogens with one attached hydrogen (secondary N) is 2. The molecule has 2 unspecified atom stereocenters. The molecule has 1 fully saturated rings. The topological polar surface area (TPSA) is 58.2 Å². The number of hydrogen-bond donors (Lipinski definition) is 2. The van der Waals surface area contributed by atoms with Crippen molar-refractivity contribution < 1.29 is 14.0 Å². The van der Waals surface area contributed by atoms with E-state index < -0.39 is 0 Å². The van der Waals surface area contributed by atoms with Gasteiger partial charge in [-0.2, -0.15) is 0 Å². The van der Waals surface area contributed by atoms with E-state index in [-0.39, 0.29) is 36.0 Å². The van der Waals surface area contributed by atoms with Crippen molar-refractivity contribution in [1.82, 2.24) is 5.32 Å². The third kappa shape index (κ3) is 4.05. The molecule has 0 radical (unpaired) electrons. The number of aryl methyl sites for hydroxylation is 1. The number of carbonyl (C=O) groups excluding carboxylic acids is 2. The Hall–Kier alpha value is -2.69. The minimum atomic E-state index is -0.343. The highest BCUT2D eigenvalue weighted by molar-refractivity contribution is 5.99. The van der Waals surface area contributed by atoms with Crippen molar-refractivity contribution in [3.05, 3.63) is 65.5 Å². The van der Waals surface area contributed by atoms with Crippen molar-refractivity contribution in [3.8, 4) is 0 Å². The molecule has 1 saturated carbocycles. The fourth-order valence-corrected chi connectivity index (χ4v) is 2.91. The normalized spacial score (nSPS) is 18.5. The maximum atomic E-state index is 13.6. The molecule has 0 saturated heterocycles. The van der Waals surface area contributed by atoms with Gasteiger partial charge in [0.05, 0.1) is 11.8 Å². The van der Waals surface area contributed by atoms with Crippen LogP contribution in [0.4, 0.5) is 10.1 Å². The number of benzene rings is 2. The maximum absolute atomic E-state index is 13.6. The van der Waals surface area contributed by atoms with E-state index in [0.717, 1.165) is 17.7 Å². The van der Waals surface area contributed by atoms with Crippen molar-refractivity contribution in [2.45, 2.75) is 26.3 Å². The quantitative estimate of drug-likeness (QED) is 0.848. The molecule has 2 aromatic rings. The zero-order valence-electron chi connectivity index (χ0n) is 14.1. The predicted molar refractivity (Wildman–Crippen MR) is 94.3 cm³/mol. The Morgan fingerprint density at radius 3 is 2.36 bits per heavy atom. The summed E-state index contributed by atoms with van der Waals surface area (Å²) in [6, 6.07) is 14.0. The van der Waals surface area contributed by atoms with Crippen LogP contribution in [0, 0.1) is 17.7 Å². The van der Waals surface area contributed by atoms with Crippen LogP contribution in [0.5, 0.6) is 0 Å². The fourth-order valence-electron chi connectivity index (χ4n) is 2.91. The van der Waals surface area contributed by atoms with Gasteiger partial charge in [0, 0.05) is 17.8 Å². The monoisotopic (exact) mass is 340 g/mol. The molecule has 0 aliphatic heterocycles. The molecule has 25 heavy (non-hydrogen) atoms. The number of hydrogen-bond acceptors (Lipinski definition) is 2. The number of halogens is 1. The van der Waals surface area contributed by atoms with Crippen molar-refractivity contribution in [2.24, 2.45) is 11.8 Å². The summed E-state index contributed by atoms with van der Waals surface area (Å²) in [5.74, 6) is -1.32. The molecule has 2 atom stereocenters. The Labute approximate surface area is 146 Å². The second-order valence-electron chi connectivity index (χ2n) is 6.26. The standard InChI is InChI=1S/C20H21FN2O2/c1-2-13-7-4-6-10-18(13)23-20(25)16-11-15(16)19(24)22-12-14-8-3-5-9-17(14)21/h3-10,15-16H,2,11-12H2,1H3,(H,22,24)(H,23,25). The van der Waals surface area contributed by atoms with Gasteiger partial charge in [-0.25, -0.2) is 4.39 Å². The molecular weight excluding hydrogens is 319 g/mol. The Balaban J connectivity index is 1.52. The van der Waals surface area contributed by atoms with Gasteiger partial charge < -0.3 is 10.6 Å². The summed E-state index contributed by atoms with van der Waals surface area (Å²) in [6.45, 7) is 2.16. The third-order valence-electron chi connectivity index (χ3n) is 4.53. The molecule has 2 amide bonds. The van der Waals surface area contributed by atoms with Gasteiger partial charge in [-0.3, -0.25) is 9.59 Å². The zero-order chi connectivity index (χ0) is 17.8. The molecule has 3 rings (SSSR count). The minimum Gasteiger partial charge on any atom is -0.352 e. The second-order valence-corrected chi connectivity index (χ2v) is 6.26. The smallest absolute Gasteiger partial charge is 0.228 e. The summed E-state index contributed by atoms with van der Waals surface area (Å²) in [4.78, 5) is 24.5. The van der Waals surface area contributed by atoms with Crippen LogP contribution in [-0.4, -0.2) is 11.8 Å². The molecule has 2 N–H and O–H groups in total. The molecule has 0 heterocycles. The first-order valence-corrected chi connectivity index (χ1v) is 8.50. The first-order chi connectivity index (χ1) is 12.1. The highest BCUT2D eigenvalue weighted by atomic mass is 19.1. The minimum absolute atomic E-state index is 0.132. The van der Waals surface area contributed by atoms with Gasteiger partial charge >= 0.3 is 0 Å². The van der Waals surface area contributed by atoms with Crippen LogP contribution in [0.15, 0.2) is 48.5 Å². The van der Waals surface area contributed by atoms with Gasteiger partial charge in [0.15, 0.2) is 0 Å². The van der Waals surface area contributed by atoms with E-state index in [1.54, 1.807) is 18.2 Å². The van der Waals surface area contributed by atoms with E-state index in [1.165, 1.54) is 6.07 Å². The van der Waals surface area contributed by atoms with Gasteiger partial charge in [-0.05, 0) is 30.5 Å². The van der Waals surface area contributed by atoms with Crippen LogP contribution in [-0.2, 0) is 22.6 Å². The fraction of sp³-hybridized carbons (Fsp3) is 0.300. The number of amides is 2. The molecule has 5 heteroatoms. The Morgan fingerprint density at radius 2 is 1.64 bits per heavy atom. The van der Waals surface area contributed by atoms with Gasteiger partial charge in [0.25, 0.3) is 0 Å². The van der Waals surface area contributed by atoms with Crippen LogP contribution < -0.4 is 10.6 Å². The molecule has 4 nitrogen and oxygen atoms in total. The number of carbonyl (C=O) groups is 2. The average Bonchev–Trinajstić information content (AvgIpc) is 3.42. The molecule has 130 valence electrons. The van der Waals surface area contributed by atoms with Crippen LogP contribution in [0.1, 0.15) is 24.5 Å². The van der Waals surface area contributed by atoms with Gasteiger partial charge in [0.1, 0.15) is 5.82 Å². The highest BCUT2D eigenvalue weighted by Gasteiger charge is 2.48. The second kappa shape index (κ2) is 7.47. The summed E-state index contributed by atoms with van der Waals surface area (Å²) in [6.07, 6.45) is 1.36. The summed E-state index contributed by atoms with van der Waals surface area (Å²) in [5, 5.41) is 5.63. The van der Waals surface area contributed by atoms with Gasteiger partial charge in [0.2, 0.25) is 11.8 Å². The molecule has 1 aliphatic carbocycles. The van der Waals surface area contributed by atoms with Gasteiger partial charge in [-0.15, -0.1) is 0 Å². The van der Waals surface area contributed by atoms with Crippen LogP contribution in [0.3, 0.4) is 0 Å². The van der Waals surface area contributed by atoms with Gasteiger partial charge in [-0.1, -0.05) is 43.3 Å². The number of para-hydroxylation sites is 1. The van der Waals surface area contributed by atoms with E-state index in [0.29, 0.717) is 12.0 Å². The Morgan fingerprint density at radius 1 is 1.00 bits per heavy atom. The van der Waals surface area contributed by atoms with Crippen LogP contribution >= 0.6 is 0 Å². The summed E-state index contributed by atoms with van der Waals surface area (Å²) >= 11 is 0. The van der Waals surface area contributed by atoms with E-state index in [1.807, 2.05) is 31.2 Å². The Bertz CT molecular complexity index is 791. The predicted octanol–water partition coefficient (Wildman–Crippen LogP) is 3.28. The van der Waals surface area contributed by atoms with Crippen LogP contribution in [0.25, 0.3) is 0 Å². The lowest BCUT2D eigenvalue weighted by molar-refractivity contribution is -0.125. The first-order valence-electron chi connectivity index (χ1n) is 8.50. The van der Waals surface area contributed by atoms with Crippen molar-refractivity contribution in [1.29, 1.82) is 0 Å². The average molecular weight is 340 g/mol. The molecule has 0 spiro atoms.